The molecular weight excluding hydrogens is 330 g/mol. The molecule has 0 unspecified atom stereocenters. The molecule has 0 bridgehead atoms. The van der Waals surface area contributed by atoms with Gasteiger partial charge in [0, 0.05) is 22.6 Å². The van der Waals surface area contributed by atoms with Crippen molar-refractivity contribution < 1.29 is 4.74 Å². The molecule has 5 heteroatoms. The number of ether oxygens (including phenoxy) is 1. The maximum Gasteiger partial charge on any atom is 0.217 e. The van der Waals surface area contributed by atoms with Gasteiger partial charge in [0.2, 0.25) is 5.88 Å². The highest BCUT2D eigenvalue weighted by molar-refractivity contribution is 7.98. The summed E-state index contributed by atoms with van der Waals surface area (Å²) in [5.41, 5.74) is 7.15. The number of benzene rings is 1. The summed E-state index contributed by atoms with van der Waals surface area (Å²) < 4.78 is 5.56. The Bertz CT molecular complexity index is 739. The molecule has 1 saturated carbocycles. The fraction of sp³-hybridized carbons (Fsp3) is 0.350. The van der Waals surface area contributed by atoms with Crippen molar-refractivity contribution in [2.24, 2.45) is 5.84 Å². The maximum atomic E-state index is 5.56. The van der Waals surface area contributed by atoms with E-state index in [-0.39, 0.29) is 0 Å². The normalized spacial score (nSPS) is 14.6. The summed E-state index contributed by atoms with van der Waals surface area (Å²) in [6, 6.07) is 12.9. The minimum Gasteiger partial charge on any atom is -0.481 e. The average Bonchev–Trinajstić information content (AvgIpc) is 3.50. The molecule has 2 aromatic rings. The summed E-state index contributed by atoms with van der Waals surface area (Å²) in [4.78, 5) is 6.05. The van der Waals surface area contributed by atoms with E-state index < -0.39 is 0 Å². The van der Waals surface area contributed by atoms with Crippen LogP contribution in [-0.2, 0) is 0 Å². The first-order valence-electron chi connectivity index (χ1n) is 8.60. The van der Waals surface area contributed by atoms with Crippen LogP contribution in [-0.4, -0.2) is 24.9 Å². The molecule has 1 aliphatic rings. The van der Waals surface area contributed by atoms with Gasteiger partial charge in [-0.15, -0.1) is 11.8 Å². The van der Waals surface area contributed by atoms with Gasteiger partial charge in [-0.25, -0.2) is 4.98 Å². The van der Waals surface area contributed by atoms with E-state index in [1.165, 1.54) is 23.3 Å². The van der Waals surface area contributed by atoms with Gasteiger partial charge in [0.05, 0.1) is 12.8 Å². The average molecular weight is 356 g/mol. The van der Waals surface area contributed by atoms with Gasteiger partial charge in [-0.2, -0.15) is 0 Å². The van der Waals surface area contributed by atoms with Gasteiger partial charge in [0.25, 0.3) is 0 Å². The van der Waals surface area contributed by atoms with Crippen LogP contribution >= 0.6 is 11.8 Å². The van der Waals surface area contributed by atoms with E-state index >= 15 is 0 Å². The van der Waals surface area contributed by atoms with Crippen LogP contribution in [0.2, 0.25) is 0 Å². The van der Waals surface area contributed by atoms with Crippen molar-refractivity contribution >= 4 is 17.3 Å². The van der Waals surface area contributed by atoms with Crippen LogP contribution in [0.4, 0.5) is 0 Å². The smallest absolute Gasteiger partial charge is 0.217 e. The first-order valence-corrected chi connectivity index (χ1v) is 9.82. The number of methoxy groups -OCH3 is 1. The van der Waals surface area contributed by atoms with Gasteiger partial charge >= 0.3 is 0 Å². The van der Waals surface area contributed by atoms with Gasteiger partial charge in [-0.1, -0.05) is 24.3 Å². The number of pyridine rings is 1. The number of nitrogens with two attached hydrogens (primary N) is 1. The first kappa shape index (κ1) is 18.0. The van der Waals surface area contributed by atoms with E-state index in [1.54, 1.807) is 18.9 Å². The molecule has 1 heterocycles. The van der Waals surface area contributed by atoms with E-state index in [0.29, 0.717) is 5.92 Å². The summed E-state index contributed by atoms with van der Waals surface area (Å²) >= 11 is 1.74. The molecule has 0 aliphatic heterocycles. The SMILES string of the molecule is COc1nc(/C(=C/CCNN)c2ccc(SC)cc2)ccc1C1CC1. The Kier molecular flexibility index (Phi) is 6.13. The lowest BCUT2D eigenvalue weighted by Crippen LogP contribution is -2.22. The second kappa shape index (κ2) is 8.52. The van der Waals surface area contributed by atoms with E-state index in [2.05, 4.69) is 54.2 Å². The van der Waals surface area contributed by atoms with Crippen molar-refractivity contribution in [2.75, 3.05) is 19.9 Å². The lowest BCUT2D eigenvalue weighted by Gasteiger charge is -2.13. The van der Waals surface area contributed by atoms with E-state index in [0.717, 1.165) is 35.7 Å². The van der Waals surface area contributed by atoms with Crippen molar-refractivity contribution in [3.05, 3.63) is 59.3 Å². The van der Waals surface area contributed by atoms with Crippen molar-refractivity contribution in [2.45, 2.75) is 30.1 Å². The van der Waals surface area contributed by atoms with Gasteiger partial charge in [-0.05, 0) is 55.2 Å². The highest BCUT2D eigenvalue weighted by Crippen LogP contribution is 2.44. The largest absolute Gasteiger partial charge is 0.481 e. The Morgan fingerprint density at radius 1 is 1.28 bits per heavy atom. The number of thioether (sulfide) groups is 1. The Balaban J connectivity index is 1.96. The van der Waals surface area contributed by atoms with Gasteiger partial charge in [0.1, 0.15) is 0 Å². The summed E-state index contributed by atoms with van der Waals surface area (Å²) in [6.07, 6.45) is 7.58. The highest BCUT2D eigenvalue weighted by atomic mass is 32.2. The lowest BCUT2D eigenvalue weighted by molar-refractivity contribution is 0.392. The molecular formula is C20H25N3OS. The van der Waals surface area contributed by atoms with E-state index in [9.17, 15) is 0 Å². The molecule has 0 atom stereocenters. The van der Waals surface area contributed by atoms with Crippen molar-refractivity contribution in [3.63, 3.8) is 0 Å². The molecule has 0 radical (unpaired) electrons. The summed E-state index contributed by atoms with van der Waals surface area (Å²) in [6.45, 7) is 0.726. The number of aromatic nitrogens is 1. The molecule has 25 heavy (non-hydrogen) atoms. The van der Waals surface area contributed by atoms with Crippen molar-refractivity contribution in [3.8, 4) is 5.88 Å². The Morgan fingerprint density at radius 2 is 2.04 bits per heavy atom. The molecule has 3 N–H and O–H groups in total. The zero-order chi connectivity index (χ0) is 17.6. The third kappa shape index (κ3) is 4.42. The van der Waals surface area contributed by atoms with Gasteiger partial charge in [-0.3, -0.25) is 11.3 Å². The number of hydrogen-bond acceptors (Lipinski definition) is 5. The predicted octanol–water partition coefficient (Wildman–Crippen LogP) is 3.97. The minimum absolute atomic E-state index is 0.617. The molecule has 3 rings (SSSR count). The summed E-state index contributed by atoms with van der Waals surface area (Å²) in [5, 5.41) is 0. The van der Waals surface area contributed by atoms with Crippen LogP contribution in [0, 0.1) is 0 Å². The quantitative estimate of drug-likeness (QED) is 0.325. The van der Waals surface area contributed by atoms with Crippen LogP contribution in [0.15, 0.2) is 47.4 Å². The Morgan fingerprint density at radius 3 is 2.64 bits per heavy atom. The molecule has 4 nitrogen and oxygen atoms in total. The maximum absolute atomic E-state index is 5.56. The number of rotatable bonds is 8. The molecule has 1 aromatic carbocycles. The van der Waals surface area contributed by atoms with E-state index in [1.807, 2.05) is 0 Å². The Hall–Kier alpha value is -1.82. The van der Waals surface area contributed by atoms with E-state index in [4.69, 9.17) is 15.6 Å². The molecule has 0 spiro atoms. The van der Waals surface area contributed by atoms with Crippen molar-refractivity contribution in [1.29, 1.82) is 0 Å². The number of nitrogens with one attached hydrogen (secondary N) is 1. The second-order valence-electron chi connectivity index (χ2n) is 6.16. The monoisotopic (exact) mass is 355 g/mol. The molecule has 1 fully saturated rings. The number of nitrogens with zero attached hydrogens (tertiary/aromatic N) is 1. The van der Waals surface area contributed by atoms with Crippen LogP contribution in [0.3, 0.4) is 0 Å². The van der Waals surface area contributed by atoms with Crippen molar-refractivity contribution in [1.82, 2.24) is 10.4 Å². The zero-order valence-corrected chi connectivity index (χ0v) is 15.6. The molecule has 1 aromatic heterocycles. The second-order valence-corrected chi connectivity index (χ2v) is 7.04. The molecule has 0 amide bonds. The topological polar surface area (TPSA) is 60.2 Å². The third-order valence-corrected chi connectivity index (χ3v) is 5.16. The minimum atomic E-state index is 0.617. The van der Waals surface area contributed by atoms with Crippen LogP contribution < -0.4 is 16.0 Å². The fourth-order valence-electron chi connectivity index (χ4n) is 2.91. The highest BCUT2D eigenvalue weighted by Gasteiger charge is 2.27. The first-order chi connectivity index (χ1) is 12.3. The van der Waals surface area contributed by atoms with Gasteiger partial charge < -0.3 is 4.74 Å². The molecule has 0 saturated heterocycles. The Labute approximate surface area is 153 Å². The number of hydrogen-bond donors (Lipinski definition) is 2. The summed E-state index contributed by atoms with van der Waals surface area (Å²) in [5.74, 6) is 6.79. The summed E-state index contributed by atoms with van der Waals surface area (Å²) in [7, 11) is 1.70. The fourth-order valence-corrected chi connectivity index (χ4v) is 3.32. The predicted molar refractivity (Wildman–Crippen MR) is 105 cm³/mol. The van der Waals surface area contributed by atoms with Gasteiger partial charge in [0.15, 0.2) is 0 Å². The molecule has 132 valence electrons. The lowest BCUT2D eigenvalue weighted by atomic mass is 10.00. The number of hydrazine groups is 1. The van der Waals surface area contributed by atoms with Crippen LogP contribution in [0.1, 0.15) is 42.0 Å². The molecule has 1 aliphatic carbocycles. The zero-order valence-electron chi connectivity index (χ0n) is 14.8. The van der Waals surface area contributed by atoms with Crippen LogP contribution in [0.5, 0.6) is 5.88 Å². The standard InChI is InChI=1S/C20H25N3OS/c1-24-20-18(15-5-6-15)11-12-19(23-20)17(4-3-13-22-21)14-7-9-16(25-2)10-8-14/h4,7-12,15,22H,3,5-6,13,21H2,1-2H3/b17-4+. The van der Waals surface area contributed by atoms with Crippen LogP contribution in [0.25, 0.3) is 5.57 Å². The third-order valence-electron chi connectivity index (χ3n) is 4.41.